The number of ether oxygens (including phenoxy) is 1. The molecular formula is C12H20N2O3. The number of amides is 1. The summed E-state index contributed by atoms with van der Waals surface area (Å²) in [4.78, 5) is 23.2. The molecule has 0 aromatic heterocycles. The Morgan fingerprint density at radius 1 is 1.35 bits per heavy atom. The molecule has 0 aromatic rings. The SMILES string of the molecule is CCOC(=O)CC1NC2CCCCC2NC1=O. The van der Waals surface area contributed by atoms with E-state index in [2.05, 4.69) is 10.6 Å². The third-order valence-electron chi connectivity index (χ3n) is 3.50. The molecular weight excluding hydrogens is 220 g/mol. The number of nitrogens with one attached hydrogen (secondary N) is 2. The first kappa shape index (κ1) is 12.4. The standard InChI is InChI=1S/C12H20N2O3/c1-2-17-11(15)7-10-12(16)14-9-6-4-3-5-8(9)13-10/h8-10,13H,2-7H2,1H3,(H,14,16). The lowest BCUT2D eigenvalue weighted by molar-refractivity contribution is -0.146. The summed E-state index contributed by atoms with van der Waals surface area (Å²) >= 11 is 0. The summed E-state index contributed by atoms with van der Waals surface area (Å²) < 4.78 is 4.87. The zero-order chi connectivity index (χ0) is 12.3. The Labute approximate surface area is 101 Å². The molecule has 5 heteroatoms. The van der Waals surface area contributed by atoms with Gasteiger partial charge in [-0.1, -0.05) is 12.8 Å². The average molecular weight is 240 g/mol. The second-order valence-corrected chi connectivity index (χ2v) is 4.73. The molecule has 3 atom stereocenters. The van der Waals surface area contributed by atoms with Crippen LogP contribution >= 0.6 is 0 Å². The van der Waals surface area contributed by atoms with E-state index in [0.29, 0.717) is 12.6 Å². The third kappa shape index (κ3) is 2.97. The number of fused-ring (bicyclic) bond motifs is 1. The maximum Gasteiger partial charge on any atom is 0.307 e. The smallest absolute Gasteiger partial charge is 0.307 e. The van der Waals surface area contributed by atoms with Crippen LogP contribution in [-0.2, 0) is 14.3 Å². The van der Waals surface area contributed by atoms with Gasteiger partial charge in [-0.15, -0.1) is 0 Å². The molecule has 96 valence electrons. The molecule has 1 aliphatic heterocycles. The van der Waals surface area contributed by atoms with Gasteiger partial charge in [-0.05, 0) is 19.8 Å². The fourth-order valence-electron chi connectivity index (χ4n) is 2.66. The van der Waals surface area contributed by atoms with Crippen molar-refractivity contribution in [3.63, 3.8) is 0 Å². The molecule has 1 saturated carbocycles. The fraction of sp³-hybridized carbons (Fsp3) is 0.833. The first-order valence-electron chi connectivity index (χ1n) is 6.42. The summed E-state index contributed by atoms with van der Waals surface area (Å²) in [6, 6.07) is 0.143. The Balaban J connectivity index is 1.90. The fourth-order valence-corrected chi connectivity index (χ4v) is 2.66. The van der Waals surface area contributed by atoms with Gasteiger partial charge in [0.25, 0.3) is 0 Å². The molecule has 2 fully saturated rings. The Morgan fingerprint density at radius 3 is 2.76 bits per heavy atom. The van der Waals surface area contributed by atoms with E-state index in [9.17, 15) is 9.59 Å². The molecule has 2 N–H and O–H groups in total. The number of hydrogen-bond acceptors (Lipinski definition) is 4. The van der Waals surface area contributed by atoms with Crippen molar-refractivity contribution in [2.45, 2.75) is 57.2 Å². The largest absolute Gasteiger partial charge is 0.466 e. The minimum atomic E-state index is -0.423. The van der Waals surface area contributed by atoms with Gasteiger partial charge in [0.05, 0.1) is 19.1 Å². The van der Waals surface area contributed by atoms with E-state index in [4.69, 9.17) is 4.74 Å². The van der Waals surface area contributed by atoms with E-state index >= 15 is 0 Å². The molecule has 2 rings (SSSR count). The van der Waals surface area contributed by atoms with Crippen LogP contribution in [0.3, 0.4) is 0 Å². The summed E-state index contributed by atoms with van der Waals surface area (Å²) in [6.07, 6.45) is 4.60. The van der Waals surface area contributed by atoms with Crippen molar-refractivity contribution in [1.82, 2.24) is 10.6 Å². The Bertz CT molecular complexity index is 306. The number of rotatable bonds is 3. The first-order chi connectivity index (χ1) is 8.20. The normalized spacial score (nSPS) is 32.5. The highest BCUT2D eigenvalue weighted by Gasteiger charge is 2.37. The number of carbonyl (C=O) groups excluding carboxylic acids is 2. The number of piperazine rings is 1. The molecule has 2 aliphatic rings. The van der Waals surface area contributed by atoms with Crippen LogP contribution < -0.4 is 10.6 Å². The van der Waals surface area contributed by atoms with Crippen molar-refractivity contribution in [1.29, 1.82) is 0 Å². The predicted molar refractivity (Wildman–Crippen MR) is 62.4 cm³/mol. The summed E-state index contributed by atoms with van der Waals surface area (Å²) in [5.74, 6) is -0.379. The van der Waals surface area contributed by atoms with Gasteiger partial charge in [0.2, 0.25) is 5.91 Å². The highest BCUT2D eigenvalue weighted by molar-refractivity contribution is 5.87. The van der Waals surface area contributed by atoms with E-state index in [0.717, 1.165) is 12.8 Å². The topological polar surface area (TPSA) is 67.4 Å². The number of carbonyl (C=O) groups is 2. The van der Waals surface area contributed by atoms with Gasteiger partial charge in [-0.25, -0.2) is 0 Å². The van der Waals surface area contributed by atoms with Crippen LogP contribution in [-0.4, -0.2) is 36.6 Å². The predicted octanol–water partition coefficient (Wildman–Crippen LogP) is 0.339. The van der Waals surface area contributed by atoms with Crippen LogP contribution in [0.5, 0.6) is 0 Å². The average Bonchev–Trinajstić information content (AvgIpc) is 2.30. The number of hydrogen-bond donors (Lipinski definition) is 2. The summed E-state index contributed by atoms with van der Waals surface area (Å²) in [5.41, 5.74) is 0. The lowest BCUT2D eigenvalue weighted by Gasteiger charge is -2.40. The lowest BCUT2D eigenvalue weighted by atomic mass is 9.87. The van der Waals surface area contributed by atoms with E-state index in [1.165, 1.54) is 12.8 Å². The lowest BCUT2D eigenvalue weighted by Crippen LogP contribution is -2.65. The van der Waals surface area contributed by atoms with Gasteiger partial charge in [-0.2, -0.15) is 0 Å². The van der Waals surface area contributed by atoms with Crippen LogP contribution in [0.15, 0.2) is 0 Å². The van der Waals surface area contributed by atoms with Crippen LogP contribution in [0.4, 0.5) is 0 Å². The van der Waals surface area contributed by atoms with Gasteiger partial charge in [0.15, 0.2) is 0 Å². The third-order valence-corrected chi connectivity index (χ3v) is 3.50. The minimum absolute atomic E-state index is 0.0683. The Morgan fingerprint density at radius 2 is 2.06 bits per heavy atom. The molecule has 1 aliphatic carbocycles. The van der Waals surface area contributed by atoms with Crippen molar-refractivity contribution >= 4 is 11.9 Å². The second-order valence-electron chi connectivity index (χ2n) is 4.73. The minimum Gasteiger partial charge on any atom is -0.466 e. The monoisotopic (exact) mass is 240 g/mol. The maximum atomic E-state index is 11.8. The van der Waals surface area contributed by atoms with Crippen molar-refractivity contribution in [3.8, 4) is 0 Å². The van der Waals surface area contributed by atoms with Gasteiger partial charge >= 0.3 is 5.97 Å². The molecule has 1 saturated heterocycles. The summed E-state index contributed by atoms with van der Waals surface area (Å²) in [5, 5.41) is 6.29. The highest BCUT2D eigenvalue weighted by atomic mass is 16.5. The van der Waals surface area contributed by atoms with Gasteiger partial charge in [0.1, 0.15) is 0 Å². The first-order valence-corrected chi connectivity index (χ1v) is 6.42. The number of esters is 1. The van der Waals surface area contributed by atoms with Crippen LogP contribution in [0.25, 0.3) is 0 Å². The zero-order valence-corrected chi connectivity index (χ0v) is 10.2. The van der Waals surface area contributed by atoms with Crippen molar-refractivity contribution in [3.05, 3.63) is 0 Å². The van der Waals surface area contributed by atoms with Crippen LogP contribution in [0.1, 0.15) is 39.0 Å². The van der Waals surface area contributed by atoms with Gasteiger partial charge in [0, 0.05) is 12.1 Å². The van der Waals surface area contributed by atoms with E-state index in [1.54, 1.807) is 6.92 Å². The van der Waals surface area contributed by atoms with Crippen LogP contribution in [0, 0.1) is 0 Å². The molecule has 0 spiro atoms. The maximum absolute atomic E-state index is 11.8. The van der Waals surface area contributed by atoms with Crippen molar-refractivity contribution in [2.75, 3.05) is 6.61 Å². The van der Waals surface area contributed by atoms with Crippen molar-refractivity contribution in [2.24, 2.45) is 0 Å². The molecule has 0 aromatic carbocycles. The van der Waals surface area contributed by atoms with Crippen molar-refractivity contribution < 1.29 is 14.3 Å². The molecule has 5 nitrogen and oxygen atoms in total. The van der Waals surface area contributed by atoms with Gasteiger partial charge in [-0.3, -0.25) is 9.59 Å². The Kier molecular flexibility index (Phi) is 3.99. The van der Waals surface area contributed by atoms with E-state index < -0.39 is 6.04 Å². The highest BCUT2D eigenvalue weighted by Crippen LogP contribution is 2.22. The second kappa shape index (κ2) is 5.49. The summed E-state index contributed by atoms with van der Waals surface area (Å²) in [7, 11) is 0. The molecule has 1 heterocycles. The summed E-state index contributed by atoms with van der Waals surface area (Å²) in [6.45, 7) is 2.13. The molecule has 1 amide bonds. The molecule has 3 unspecified atom stereocenters. The van der Waals surface area contributed by atoms with Gasteiger partial charge < -0.3 is 15.4 Å². The van der Waals surface area contributed by atoms with E-state index in [1.807, 2.05) is 0 Å². The van der Waals surface area contributed by atoms with Crippen LogP contribution in [0.2, 0.25) is 0 Å². The molecule has 17 heavy (non-hydrogen) atoms. The quantitative estimate of drug-likeness (QED) is 0.698. The zero-order valence-electron chi connectivity index (χ0n) is 10.2. The van der Waals surface area contributed by atoms with E-state index in [-0.39, 0.29) is 24.3 Å². The molecule has 0 bridgehead atoms. The Hall–Kier alpha value is -1.10. The molecule has 0 radical (unpaired) electrons.